The Morgan fingerprint density at radius 2 is 1.71 bits per heavy atom. The summed E-state index contributed by atoms with van der Waals surface area (Å²) in [5.74, 6) is 0.235. The highest BCUT2D eigenvalue weighted by Gasteiger charge is 2.12. The van der Waals surface area contributed by atoms with Gasteiger partial charge in [-0.3, -0.25) is 4.90 Å². The van der Waals surface area contributed by atoms with Gasteiger partial charge in [-0.1, -0.05) is 0 Å². The molecule has 0 radical (unpaired) electrons. The Morgan fingerprint density at radius 1 is 1.18 bits per heavy atom. The molecule has 1 heterocycles. The fourth-order valence-corrected chi connectivity index (χ4v) is 1.91. The maximum absolute atomic E-state index is 8.61. The van der Waals surface area contributed by atoms with E-state index < -0.39 is 0 Å². The first-order chi connectivity index (χ1) is 8.04. The Hall–Kier alpha value is -1.47. The summed E-state index contributed by atoms with van der Waals surface area (Å²) >= 11 is 0. The van der Waals surface area contributed by atoms with Crippen LogP contribution in [0.1, 0.15) is 39.1 Å². The summed E-state index contributed by atoms with van der Waals surface area (Å²) in [6.45, 7) is 9.81. The van der Waals surface area contributed by atoms with Crippen LogP contribution in [0.3, 0.4) is 0 Å². The Morgan fingerprint density at radius 3 is 2.12 bits per heavy atom. The lowest BCUT2D eigenvalue weighted by Gasteiger charge is -2.30. The van der Waals surface area contributed by atoms with Crippen LogP contribution in [-0.4, -0.2) is 33.5 Å². The molecule has 0 N–H and O–H groups in total. The third kappa shape index (κ3) is 4.12. The Labute approximate surface area is 103 Å². The molecule has 1 aromatic rings. The SMILES string of the molecule is CC(C)N(CCc1cnc(C#N)nc1)C(C)C. The molecule has 0 aliphatic rings. The molecule has 0 fully saturated rings. The van der Waals surface area contributed by atoms with Crippen LogP contribution in [0.4, 0.5) is 0 Å². The molecule has 0 saturated carbocycles. The fraction of sp³-hybridized carbons (Fsp3) is 0.615. The van der Waals surface area contributed by atoms with E-state index in [2.05, 4.69) is 42.6 Å². The van der Waals surface area contributed by atoms with Crippen molar-refractivity contribution in [3.05, 3.63) is 23.8 Å². The van der Waals surface area contributed by atoms with Crippen molar-refractivity contribution in [1.82, 2.24) is 14.9 Å². The third-order valence-corrected chi connectivity index (χ3v) is 2.79. The third-order valence-electron chi connectivity index (χ3n) is 2.79. The van der Waals surface area contributed by atoms with Crippen molar-refractivity contribution in [2.24, 2.45) is 0 Å². The van der Waals surface area contributed by atoms with E-state index in [0.29, 0.717) is 12.1 Å². The number of nitriles is 1. The van der Waals surface area contributed by atoms with Gasteiger partial charge in [0.1, 0.15) is 6.07 Å². The van der Waals surface area contributed by atoms with Gasteiger partial charge < -0.3 is 0 Å². The summed E-state index contributed by atoms with van der Waals surface area (Å²) < 4.78 is 0. The van der Waals surface area contributed by atoms with Crippen molar-refractivity contribution in [3.8, 4) is 6.07 Å². The molecule has 0 atom stereocenters. The molecule has 0 saturated heterocycles. The summed E-state index contributed by atoms with van der Waals surface area (Å²) in [5.41, 5.74) is 1.08. The minimum Gasteiger partial charge on any atom is -0.298 e. The van der Waals surface area contributed by atoms with Gasteiger partial charge in [0, 0.05) is 31.0 Å². The quantitative estimate of drug-likeness (QED) is 0.779. The van der Waals surface area contributed by atoms with E-state index in [1.54, 1.807) is 12.4 Å². The van der Waals surface area contributed by atoms with Crippen LogP contribution in [0.2, 0.25) is 0 Å². The molecule has 17 heavy (non-hydrogen) atoms. The summed E-state index contributed by atoms with van der Waals surface area (Å²) in [5, 5.41) is 8.61. The van der Waals surface area contributed by atoms with Gasteiger partial charge in [0.25, 0.3) is 0 Å². The Kier molecular flexibility index (Phi) is 5.05. The smallest absolute Gasteiger partial charge is 0.232 e. The second kappa shape index (κ2) is 6.31. The average Bonchev–Trinajstić information content (AvgIpc) is 2.29. The first kappa shape index (κ1) is 13.6. The van der Waals surface area contributed by atoms with Crippen molar-refractivity contribution < 1.29 is 0 Å². The summed E-state index contributed by atoms with van der Waals surface area (Å²) in [4.78, 5) is 10.4. The molecule has 0 spiro atoms. The first-order valence-corrected chi connectivity index (χ1v) is 6.01. The molecule has 0 aliphatic heterocycles. The van der Waals surface area contributed by atoms with Crippen LogP contribution >= 0.6 is 0 Å². The second-order valence-corrected chi connectivity index (χ2v) is 4.70. The maximum Gasteiger partial charge on any atom is 0.232 e. The first-order valence-electron chi connectivity index (χ1n) is 6.01. The number of aromatic nitrogens is 2. The second-order valence-electron chi connectivity index (χ2n) is 4.70. The van der Waals surface area contributed by atoms with Crippen molar-refractivity contribution in [1.29, 1.82) is 5.26 Å². The van der Waals surface area contributed by atoms with Crippen LogP contribution in [0.5, 0.6) is 0 Å². The number of hydrogen-bond donors (Lipinski definition) is 0. The van der Waals surface area contributed by atoms with Gasteiger partial charge in [0.2, 0.25) is 5.82 Å². The predicted octanol–water partition coefficient (Wildman–Crippen LogP) is 2.01. The van der Waals surface area contributed by atoms with Crippen molar-refractivity contribution in [2.75, 3.05) is 6.54 Å². The van der Waals surface area contributed by atoms with E-state index in [4.69, 9.17) is 5.26 Å². The molecule has 1 aromatic heterocycles. The van der Waals surface area contributed by atoms with Crippen LogP contribution in [0, 0.1) is 11.3 Å². The van der Waals surface area contributed by atoms with E-state index in [1.807, 2.05) is 6.07 Å². The molecule has 0 aromatic carbocycles. The molecular weight excluding hydrogens is 212 g/mol. The number of hydrogen-bond acceptors (Lipinski definition) is 4. The van der Waals surface area contributed by atoms with Crippen LogP contribution in [0.15, 0.2) is 12.4 Å². The molecule has 0 bridgehead atoms. The van der Waals surface area contributed by atoms with Crippen LogP contribution in [0.25, 0.3) is 0 Å². The highest BCUT2D eigenvalue weighted by atomic mass is 15.2. The molecule has 0 amide bonds. The van der Waals surface area contributed by atoms with Crippen molar-refractivity contribution in [3.63, 3.8) is 0 Å². The van der Waals surface area contributed by atoms with Gasteiger partial charge in [0.05, 0.1) is 0 Å². The lowest BCUT2D eigenvalue weighted by molar-refractivity contribution is 0.177. The van der Waals surface area contributed by atoms with Gasteiger partial charge in [-0.05, 0) is 39.7 Å². The van der Waals surface area contributed by atoms with E-state index in [1.165, 1.54) is 0 Å². The number of nitrogens with zero attached hydrogens (tertiary/aromatic N) is 4. The zero-order valence-corrected chi connectivity index (χ0v) is 11.0. The molecule has 4 heteroatoms. The zero-order valence-electron chi connectivity index (χ0n) is 11.0. The molecule has 0 aliphatic carbocycles. The van der Waals surface area contributed by atoms with Gasteiger partial charge >= 0.3 is 0 Å². The maximum atomic E-state index is 8.61. The van der Waals surface area contributed by atoms with Gasteiger partial charge in [-0.15, -0.1) is 0 Å². The predicted molar refractivity (Wildman–Crippen MR) is 67.4 cm³/mol. The lowest BCUT2D eigenvalue weighted by atomic mass is 10.1. The summed E-state index contributed by atoms with van der Waals surface area (Å²) in [6.07, 6.45) is 4.40. The monoisotopic (exact) mass is 232 g/mol. The average molecular weight is 232 g/mol. The van der Waals surface area contributed by atoms with E-state index in [9.17, 15) is 0 Å². The van der Waals surface area contributed by atoms with Crippen molar-refractivity contribution >= 4 is 0 Å². The topological polar surface area (TPSA) is 52.8 Å². The van der Waals surface area contributed by atoms with E-state index >= 15 is 0 Å². The standard InChI is InChI=1S/C13H20N4/c1-10(2)17(11(3)4)6-5-12-8-15-13(7-14)16-9-12/h8-11H,5-6H2,1-4H3. The van der Waals surface area contributed by atoms with E-state index in [0.717, 1.165) is 18.5 Å². The molecule has 1 rings (SSSR count). The van der Waals surface area contributed by atoms with Gasteiger partial charge in [-0.25, -0.2) is 9.97 Å². The highest BCUT2D eigenvalue weighted by Crippen LogP contribution is 2.07. The molecule has 92 valence electrons. The highest BCUT2D eigenvalue weighted by molar-refractivity contribution is 5.13. The van der Waals surface area contributed by atoms with E-state index in [-0.39, 0.29) is 5.82 Å². The lowest BCUT2D eigenvalue weighted by Crippen LogP contribution is -2.38. The number of rotatable bonds is 5. The summed E-state index contributed by atoms with van der Waals surface area (Å²) in [6, 6.07) is 3.00. The normalized spacial score (nSPS) is 11.2. The van der Waals surface area contributed by atoms with Crippen molar-refractivity contribution in [2.45, 2.75) is 46.2 Å². The molecule has 0 unspecified atom stereocenters. The molecular formula is C13H20N4. The minimum absolute atomic E-state index is 0.235. The largest absolute Gasteiger partial charge is 0.298 e. The molecule has 4 nitrogen and oxygen atoms in total. The minimum atomic E-state index is 0.235. The Balaban J connectivity index is 2.57. The van der Waals surface area contributed by atoms with Gasteiger partial charge in [0.15, 0.2) is 0 Å². The van der Waals surface area contributed by atoms with Crippen LogP contribution < -0.4 is 0 Å². The zero-order chi connectivity index (χ0) is 12.8. The van der Waals surface area contributed by atoms with Gasteiger partial charge in [-0.2, -0.15) is 5.26 Å². The fourth-order valence-electron chi connectivity index (χ4n) is 1.91. The van der Waals surface area contributed by atoms with Crippen LogP contribution in [-0.2, 0) is 6.42 Å². The summed E-state index contributed by atoms with van der Waals surface area (Å²) in [7, 11) is 0. The Bertz CT molecular complexity index is 367.